The summed E-state index contributed by atoms with van der Waals surface area (Å²) in [5.74, 6) is -0.701. The topological polar surface area (TPSA) is 123 Å². The summed E-state index contributed by atoms with van der Waals surface area (Å²) in [6, 6.07) is 6.43. The molecule has 0 saturated carbocycles. The Morgan fingerprint density at radius 3 is 2.45 bits per heavy atom. The smallest absolute Gasteiger partial charge is 0.338 e. The molecular weight excluding hydrogens is 472 g/mol. The zero-order chi connectivity index (χ0) is 22.8. The highest BCUT2D eigenvalue weighted by molar-refractivity contribution is 7.89. The molecule has 10 nitrogen and oxygen atoms in total. The van der Waals surface area contributed by atoms with Gasteiger partial charge in [-0.25, -0.2) is 25.9 Å². The first-order chi connectivity index (χ1) is 14.5. The maximum atomic E-state index is 12.9. The van der Waals surface area contributed by atoms with Crippen LogP contribution >= 0.6 is 11.6 Å². The Labute approximate surface area is 185 Å². The molecule has 31 heavy (non-hydrogen) atoms. The van der Waals surface area contributed by atoms with Crippen LogP contribution in [0.2, 0.25) is 5.02 Å². The van der Waals surface area contributed by atoms with Crippen LogP contribution in [0.25, 0.3) is 0 Å². The Kier molecular flexibility index (Phi) is 7.08. The number of hydrogen-bond donors (Lipinski definition) is 0. The molecule has 0 spiro atoms. The van der Waals surface area contributed by atoms with Crippen molar-refractivity contribution in [1.29, 1.82) is 0 Å². The molecule has 1 aliphatic heterocycles. The van der Waals surface area contributed by atoms with Crippen molar-refractivity contribution in [2.24, 2.45) is 0 Å². The van der Waals surface area contributed by atoms with Gasteiger partial charge in [0.05, 0.1) is 23.8 Å². The van der Waals surface area contributed by atoms with Crippen LogP contribution in [0.5, 0.6) is 0 Å². The van der Waals surface area contributed by atoms with Gasteiger partial charge in [-0.15, -0.1) is 0 Å². The lowest BCUT2D eigenvalue weighted by Crippen LogP contribution is -2.40. The van der Waals surface area contributed by atoms with Crippen molar-refractivity contribution in [3.8, 4) is 0 Å². The van der Waals surface area contributed by atoms with Crippen molar-refractivity contribution >= 4 is 37.6 Å². The minimum absolute atomic E-state index is 0.0207. The van der Waals surface area contributed by atoms with E-state index < -0.39 is 26.0 Å². The lowest BCUT2D eigenvalue weighted by atomic mass is 10.2. The van der Waals surface area contributed by atoms with E-state index in [1.54, 1.807) is 0 Å². The van der Waals surface area contributed by atoms with E-state index in [-0.39, 0.29) is 59.2 Å². The highest BCUT2D eigenvalue weighted by Crippen LogP contribution is 2.27. The van der Waals surface area contributed by atoms with Gasteiger partial charge in [0.25, 0.3) is 10.0 Å². The number of furan rings is 1. The molecule has 2 aromatic rings. The number of ether oxygens (including phenoxy) is 2. The molecule has 0 radical (unpaired) electrons. The van der Waals surface area contributed by atoms with Crippen LogP contribution in [0, 0.1) is 0 Å². The Bertz CT molecular complexity index is 1170. The van der Waals surface area contributed by atoms with Gasteiger partial charge in [0.15, 0.2) is 0 Å². The summed E-state index contributed by atoms with van der Waals surface area (Å²) in [6.45, 7) is 0.574. The second-order valence-corrected chi connectivity index (χ2v) is 11.1. The van der Waals surface area contributed by atoms with E-state index in [0.717, 1.165) is 10.4 Å². The number of carbonyl (C=O) groups is 1. The highest BCUT2D eigenvalue weighted by atomic mass is 35.5. The summed E-state index contributed by atoms with van der Waals surface area (Å²) in [7, 11) is -4.94. The van der Waals surface area contributed by atoms with Gasteiger partial charge < -0.3 is 13.9 Å². The standard InChI is InChI=1S/C18H21ClN2O8S2/c1-20(2)31(25,26)17-6-4-14(29-17)12-28-18(22)13-3-5-15(19)16(11-13)30(23,24)21-7-9-27-10-8-21/h3-6,11H,7-10,12H2,1-2H3. The number of rotatable bonds is 7. The van der Waals surface area contributed by atoms with Crippen LogP contribution in [0.1, 0.15) is 16.1 Å². The molecule has 2 heterocycles. The number of nitrogens with zero attached hydrogens (tertiary/aromatic N) is 2. The van der Waals surface area contributed by atoms with Crippen molar-refractivity contribution in [2.75, 3.05) is 40.4 Å². The molecule has 0 atom stereocenters. The third-order valence-electron chi connectivity index (χ3n) is 4.47. The van der Waals surface area contributed by atoms with E-state index in [1.165, 1.54) is 42.7 Å². The molecule has 0 bridgehead atoms. The Balaban J connectivity index is 1.75. The SMILES string of the molecule is CN(C)S(=O)(=O)c1ccc(COC(=O)c2ccc(Cl)c(S(=O)(=O)N3CCOCC3)c2)o1. The number of hydrogen-bond acceptors (Lipinski definition) is 8. The van der Waals surface area contributed by atoms with Crippen molar-refractivity contribution in [1.82, 2.24) is 8.61 Å². The summed E-state index contributed by atoms with van der Waals surface area (Å²) in [6.07, 6.45) is 0. The highest BCUT2D eigenvalue weighted by Gasteiger charge is 2.29. The number of morpholine rings is 1. The predicted molar refractivity (Wildman–Crippen MR) is 110 cm³/mol. The second kappa shape index (κ2) is 9.27. The van der Waals surface area contributed by atoms with E-state index in [1.807, 2.05) is 0 Å². The molecule has 0 amide bonds. The van der Waals surface area contributed by atoms with Crippen LogP contribution in [0.4, 0.5) is 0 Å². The maximum absolute atomic E-state index is 12.9. The number of benzene rings is 1. The van der Waals surface area contributed by atoms with Crippen LogP contribution in [0.15, 0.2) is 44.7 Å². The molecule has 1 saturated heterocycles. The summed E-state index contributed by atoms with van der Waals surface area (Å²) in [4.78, 5) is 12.2. The van der Waals surface area contributed by atoms with E-state index in [2.05, 4.69) is 0 Å². The number of esters is 1. The third-order valence-corrected chi connectivity index (χ3v) is 8.54. The molecule has 0 unspecified atom stereocenters. The lowest BCUT2D eigenvalue weighted by Gasteiger charge is -2.26. The molecule has 0 N–H and O–H groups in total. The van der Waals surface area contributed by atoms with E-state index >= 15 is 0 Å². The van der Waals surface area contributed by atoms with Gasteiger partial charge in [-0.2, -0.15) is 4.31 Å². The van der Waals surface area contributed by atoms with Crippen molar-refractivity contribution in [3.05, 3.63) is 46.7 Å². The Morgan fingerprint density at radius 1 is 1.13 bits per heavy atom. The van der Waals surface area contributed by atoms with E-state index in [0.29, 0.717) is 0 Å². The van der Waals surface area contributed by atoms with Gasteiger partial charge in [-0.1, -0.05) is 11.6 Å². The first-order valence-corrected chi connectivity index (χ1v) is 12.3. The van der Waals surface area contributed by atoms with Crippen molar-refractivity contribution < 1.29 is 35.5 Å². The minimum atomic E-state index is -3.91. The predicted octanol–water partition coefficient (Wildman–Crippen LogP) is 1.56. The maximum Gasteiger partial charge on any atom is 0.338 e. The number of halogens is 1. The van der Waals surface area contributed by atoms with Crippen molar-refractivity contribution in [3.63, 3.8) is 0 Å². The Hall–Kier alpha value is -1.96. The van der Waals surface area contributed by atoms with Gasteiger partial charge in [-0.05, 0) is 30.3 Å². The average Bonchev–Trinajstić information content (AvgIpc) is 3.22. The van der Waals surface area contributed by atoms with Crippen LogP contribution < -0.4 is 0 Å². The molecule has 1 aromatic heterocycles. The van der Waals surface area contributed by atoms with Crippen LogP contribution in [-0.2, 0) is 36.1 Å². The molecule has 170 valence electrons. The Morgan fingerprint density at radius 2 is 1.81 bits per heavy atom. The van der Waals surface area contributed by atoms with Gasteiger partial charge >= 0.3 is 5.97 Å². The molecular formula is C18H21ClN2O8S2. The summed E-state index contributed by atoms with van der Waals surface area (Å²) >= 11 is 6.08. The first kappa shape index (κ1) is 23.7. The number of sulfonamides is 2. The first-order valence-electron chi connectivity index (χ1n) is 9.09. The molecule has 1 aromatic carbocycles. The fourth-order valence-corrected chi connectivity index (χ4v) is 5.45. The normalized spacial score (nSPS) is 15.9. The van der Waals surface area contributed by atoms with Crippen LogP contribution in [-0.4, -0.2) is 71.8 Å². The van der Waals surface area contributed by atoms with Gasteiger partial charge in [0.2, 0.25) is 15.1 Å². The molecule has 0 aliphatic carbocycles. The second-order valence-electron chi connectivity index (χ2n) is 6.75. The van der Waals surface area contributed by atoms with Crippen LogP contribution in [0.3, 0.4) is 0 Å². The monoisotopic (exact) mass is 492 g/mol. The quantitative estimate of drug-likeness (QED) is 0.533. The van der Waals surface area contributed by atoms with Gasteiger partial charge in [0.1, 0.15) is 17.3 Å². The van der Waals surface area contributed by atoms with Gasteiger partial charge in [-0.3, -0.25) is 0 Å². The minimum Gasteiger partial charge on any atom is -0.454 e. The fourth-order valence-electron chi connectivity index (χ4n) is 2.73. The van der Waals surface area contributed by atoms with Crippen molar-refractivity contribution in [2.45, 2.75) is 16.6 Å². The van der Waals surface area contributed by atoms with E-state index in [9.17, 15) is 21.6 Å². The summed E-state index contributed by atoms with van der Waals surface area (Å²) in [5, 5.41) is -0.304. The zero-order valence-corrected chi connectivity index (χ0v) is 19.2. The molecule has 13 heteroatoms. The molecule has 1 aliphatic rings. The van der Waals surface area contributed by atoms with Gasteiger partial charge in [0, 0.05) is 27.2 Å². The lowest BCUT2D eigenvalue weighted by molar-refractivity contribution is 0.0440. The third kappa shape index (κ3) is 5.10. The van der Waals surface area contributed by atoms with E-state index in [4.69, 9.17) is 25.5 Å². The fraction of sp³-hybridized carbons (Fsp3) is 0.389. The molecule has 3 rings (SSSR count). The number of carbonyl (C=O) groups excluding carboxylic acids is 1. The largest absolute Gasteiger partial charge is 0.454 e. The zero-order valence-electron chi connectivity index (χ0n) is 16.8. The summed E-state index contributed by atoms with van der Waals surface area (Å²) in [5.41, 5.74) is -0.0241. The summed E-state index contributed by atoms with van der Waals surface area (Å²) < 4.78 is 67.6. The average molecular weight is 493 g/mol. The molecule has 1 fully saturated rings.